The van der Waals surface area contributed by atoms with E-state index < -0.39 is 5.54 Å². The first-order valence-corrected chi connectivity index (χ1v) is 6.21. The topological polar surface area (TPSA) is 68.0 Å². The van der Waals surface area contributed by atoms with Crippen molar-refractivity contribution in [1.29, 1.82) is 0 Å². The van der Waals surface area contributed by atoms with Gasteiger partial charge in [-0.3, -0.25) is 4.79 Å². The fraction of sp³-hybridized carbons (Fsp3) is 0.636. The summed E-state index contributed by atoms with van der Waals surface area (Å²) in [6.07, 6.45) is 1.13. The van der Waals surface area contributed by atoms with Gasteiger partial charge in [-0.05, 0) is 20.8 Å². The van der Waals surface area contributed by atoms with Crippen LogP contribution in [0.4, 0.5) is 0 Å². The van der Waals surface area contributed by atoms with Gasteiger partial charge in [0, 0.05) is 30.3 Å². The Morgan fingerprint density at radius 1 is 1.62 bits per heavy atom. The lowest BCUT2D eigenvalue weighted by atomic mass is 10.0. The summed E-state index contributed by atoms with van der Waals surface area (Å²) in [6, 6.07) is 0. The van der Waals surface area contributed by atoms with Crippen molar-refractivity contribution in [3.63, 3.8) is 0 Å². The maximum atomic E-state index is 11.4. The summed E-state index contributed by atoms with van der Waals surface area (Å²) in [6.45, 7) is 6.29. The van der Waals surface area contributed by atoms with Gasteiger partial charge in [-0.1, -0.05) is 0 Å². The van der Waals surface area contributed by atoms with Gasteiger partial charge in [0.2, 0.25) is 5.91 Å². The molecule has 0 aliphatic heterocycles. The quantitative estimate of drug-likeness (QED) is 0.815. The van der Waals surface area contributed by atoms with Crippen LogP contribution in [-0.2, 0) is 11.2 Å². The summed E-state index contributed by atoms with van der Waals surface area (Å²) in [7, 11) is 0. The highest BCUT2D eigenvalue weighted by molar-refractivity contribution is 7.09. The lowest BCUT2D eigenvalue weighted by molar-refractivity contribution is -0.121. The number of carbonyl (C=O) groups is 1. The molecule has 16 heavy (non-hydrogen) atoms. The van der Waals surface area contributed by atoms with Crippen LogP contribution in [0.5, 0.6) is 0 Å². The number of nitrogens with two attached hydrogens (primary N) is 1. The van der Waals surface area contributed by atoms with Crippen molar-refractivity contribution in [2.75, 3.05) is 6.54 Å². The fourth-order valence-corrected chi connectivity index (χ4v) is 1.98. The van der Waals surface area contributed by atoms with Crippen molar-refractivity contribution in [1.82, 2.24) is 10.3 Å². The molecule has 1 aromatic rings. The van der Waals surface area contributed by atoms with Crippen molar-refractivity contribution in [2.24, 2.45) is 5.73 Å². The molecule has 0 aliphatic carbocycles. The molecule has 1 aromatic heterocycles. The van der Waals surface area contributed by atoms with Crippen LogP contribution in [0.3, 0.4) is 0 Å². The van der Waals surface area contributed by atoms with Gasteiger partial charge in [0.1, 0.15) is 0 Å². The number of nitrogens with one attached hydrogen (secondary N) is 1. The summed E-state index contributed by atoms with van der Waals surface area (Å²) in [5, 5.41) is 5.92. The van der Waals surface area contributed by atoms with E-state index in [-0.39, 0.29) is 5.91 Å². The molecular formula is C11H19N3OS. The highest BCUT2D eigenvalue weighted by Crippen LogP contribution is 2.08. The van der Waals surface area contributed by atoms with E-state index in [1.54, 1.807) is 11.3 Å². The molecule has 0 radical (unpaired) electrons. The van der Waals surface area contributed by atoms with Gasteiger partial charge in [-0.2, -0.15) is 0 Å². The van der Waals surface area contributed by atoms with Crippen molar-refractivity contribution in [3.05, 3.63) is 16.1 Å². The highest BCUT2D eigenvalue weighted by Gasteiger charge is 2.15. The Kier molecular flexibility index (Phi) is 4.44. The lowest BCUT2D eigenvalue weighted by Gasteiger charge is -2.17. The molecule has 0 spiro atoms. The number of amides is 1. The van der Waals surface area contributed by atoms with E-state index in [1.165, 1.54) is 0 Å². The normalized spacial score (nSPS) is 11.5. The van der Waals surface area contributed by atoms with E-state index in [9.17, 15) is 4.79 Å². The molecule has 4 nitrogen and oxygen atoms in total. The average molecular weight is 241 g/mol. The molecule has 0 fully saturated rings. The molecular weight excluding hydrogens is 222 g/mol. The number of aromatic nitrogens is 1. The molecule has 3 N–H and O–H groups in total. The zero-order valence-electron chi connectivity index (χ0n) is 10.0. The molecule has 0 bridgehead atoms. The maximum absolute atomic E-state index is 11.4. The van der Waals surface area contributed by atoms with E-state index in [2.05, 4.69) is 10.3 Å². The molecule has 1 amide bonds. The monoisotopic (exact) mass is 241 g/mol. The highest BCUT2D eigenvalue weighted by atomic mass is 32.1. The Labute approximate surface area is 100 Å². The number of thiazole rings is 1. The van der Waals surface area contributed by atoms with Gasteiger partial charge in [0.15, 0.2) is 0 Å². The Hall–Kier alpha value is -0.940. The van der Waals surface area contributed by atoms with E-state index in [4.69, 9.17) is 5.73 Å². The van der Waals surface area contributed by atoms with Crippen LogP contribution in [0.2, 0.25) is 0 Å². The minimum atomic E-state index is -0.443. The Bertz CT molecular complexity index is 354. The molecule has 0 atom stereocenters. The molecule has 0 saturated heterocycles. The fourth-order valence-electron chi connectivity index (χ4n) is 1.33. The predicted molar refractivity (Wildman–Crippen MR) is 66.4 cm³/mol. The van der Waals surface area contributed by atoms with Crippen LogP contribution < -0.4 is 11.1 Å². The van der Waals surface area contributed by atoms with Gasteiger partial charge in [-0.25, -0.2) is 4.98 Å². The Morgan fingerprint density at radius 2 is 2.31 bits per heavy atom. The minimum absolute atomic E-state index is 0.000508. The molecule has 1 rings (SSSR count). The minimum Gasteiger partial charge on any atom is -0.356 e. The van der Waals surface area contributed by atoms with Crippen LogP contribution >= 0.6 is 11.3 Å². The Morgan fingerprint density at radius 3 is 2.81 bits per heavy atom. The van der Waals surface area contributed by atoms with E-state index in [1.807, 2.05) is 26.2 Å². The van der Waals surface area contributed by atoms with Crippen LogP contribution in [0.1, 0.15) is 31.0 Å². The van der Waals surface area contributed by atoms with Crippen molar-refractivity contribution < 1.29 is 4.79 Å². The van der Waals surface area contributed by atoms with Crippen LogP contribution in [0, 0.1) is 6.92 Å². The summed E-state index contributed by atoms with van der Waals surface area (Å²) < 4.78 is 0. The largest absolute Gasteiger partial charge is 0.356 e. The van der Waals surface area contributed by atoms with Gasteiger partial charge in [-0.15, -0.1) is 11.3 Å². The summed E-state index contributed by atoms with van der Waals surface area (Å²) in [5.74, 6) is -0.000508. The molecule has 0 unspecified atom stereocenters. The Balaban J connectivity index is 2.23. The first-order chi connectivity index (χ1) is 7.37. The van der Waals surface area contributed by atoms with Crippen LogP contribution in [0.25, 0.3) is 0 Å². The zero-order valence-corrected chi connectivity index (χ0v) is 10.9. The standard InChI is InChI=1S/C11H19N3OS/c1-8-14-9(7-16-8)4-5-13-10(15)6-11(2,3)12/h7H,4-6,12H2,1-3H3,(H,13,15). The number of nitrogens with zero attached hydrogens (tertiary/aromatic N) is 1. The number of carbonyl (C=O) groups excluding carboxylic acids is 1. The molecule has 0 saturated carbocycles. The van der Waals surface area contributed by atoms with Crippen LogP contribution in [0.15, 0.2) is 5.38 Å². The summed E-state index contributed by atoms with van der Waals surface area (Å²) >= 11 is 1.63. The molecule has 5 heteroatoms. The third-order valence-corrected chi connectivity index (χ3v) is 2.81. The molecule has 90 valence electrons. The zero-order chi connectivity index (χ0) is 12.2. The second-order valence-corrected chi connectivity index (χ2v) is 5.69. The van der Waals surface area contributed by atoms with Crippen molar-refractivity contribution in [3.8, 4) is 0 Å². The number of aryl methyl sites for hydroxylation is 1. The van der Waals surface area contributed by atoms with Gasteiger partial charge >= 0.3 is 0 Å². The first-order valence-electron chi connectivity index (χ1n) is 5.33. The lowest BCUT2D eigenvalue weighted by Crippen LogP contribution is -2.39. The van der Waals surface area contributed by atoms with E-state index >= 15 is 0 Å². The average Bonchev–Trinajstić information content (AvgIpc) is 2.48. The van der Waals surface area contributed by atoms with Crippen LogP contribution in [-0.4, -0.2) is 23.0 Å². The van der Waals surface area contributed by atoms with E-state index in [0.717, 1.165) is 17.1 Å². The smallest absolute Gasteiger partial charge is 0.221 e. The summed E-state index contributed by atoms with van der Waals surface area (Å²) in [5.41, 5.74) is 6.34. The maximum Gasteiger partial charge on any atom is 0.221 e. The predicted octanol–water partition coefficient (Wildman–Crippen LogP) is 1.24. The van der Waals surface area contributed by atoms with Gasteiger partial charge in [0.25, 0.3) is 0 Å². The van der Waals surface area contributed by atoms with E-state index in [0.29, 0.717) is 13.0 Å². The van der Waals surface area contributed by atoms with Crippen molar-refractivity contribution >= 4 is 17.2 Å². The van der Waals surface area contributed by atoms with Gasteiger partial charge in [0.05, 0.1) is 10.7 Å². The third kappa shape index (κ3) is 5.23. The second kappa shape index (κ2) is 5.41. The van der Waals surface area contributed by atoms with Crippen molar-refractivity contribution in [2.45, 2.75) is 39.2 Å². The number of rotatable bonds is 5. The first kappa shape index (κ1) is 13.1. The van der Waals surface area contributed by atoms with Gasteiger partial charge < -0.3 is 11.1 Å². The second-order valence-electron chi connectivity index (χ2n) is 4.62. The number of hydrogen-bond acceptors (Lipinski definition) is 4. The number of hydrogen-bond donors (Lipinski definition) is 2. The molecule has 0 aliphatic rings. The molecule has 1 heterocycles. The summed E-state index contributed by atoms with van der Waals surface area (Å²) in [4.78, 5) is 15.8. The molecule has 0 aromatic carbocycles. The SMILES string of the molecule is Cc1nc(CCNC(=O)CC(C)(C)N)cs1. The third-order valence-electron chi connectivity index (χ3n) is 1.99.